The Hall–Kier alpha value is -6.74. The number of imide groups is 1. The molecule has 0 bridgehead atoms. The molecule has 0 unspecified atom stereocenters. The van der Waals surface area contributed by atoms with E-state index in [9.17, 15) is 176 Å². The zero-order valence-corrected chi connectivity index (χ0v) is 79.5. The first-order valence-electron chi connectivity index (χ1n) is 48.0. The lowest BCUT2D eigenvalue weighted by molar-refractivity contribution is -0.366. The Kier molecular flexibility index (Phi) is 53.0. The summed E-state index contributed by atoms with van der Waals surface area (Å²) in [6, 6.07) is -1.72. The van der Waals surface area contributed by atoms with Crippen molar-refractivity contribution >= 4 is 59.1 Å². The van der Waals surface area contributed by atoms with Crippen molar-refractivity contribution in [2.24, 2.45) is 0 Å². The van der Waals surface area contributed by atoms with E-state index in [4.69, 9.17) is 71.2 Å². The Labute approximate surface area is 829 Å². The molecule has 60 nitrogen and oxygen atoms in total. The van der Waals surface area contributed by atoms with E-state index in [-0.39, 0.29) is 97.0 Å². The Balaban J connectivity index is 0.876. The molecule has 145 heavy (non-hydrogen) atoms. The monoisotopic (exact) mass is 2110 g/mol. The quantitative estimate of drug-likeness (QED) is 0.0199. The molecule has 36 atom stereocenters. The lowest BCUT2D eigenvalue weighted by Crippen LogP contribution is -2.65. The number of carbonyl (C=O) groups excluding carboxylic acids is 10. The second-order valence-electron chi connectivity index (χ2n) is 35.9. The molecule has 0 spiro atoms. The summed E-state index contributed by atoms with van der Waals surface area (Å²) in [5.74, 6) is -7.23. The molecule has 0 aromatic rings. The molecule has 8 aliphatic heterocycles. The Morgan fingerprint density at radius 2 is 0.628 bits per heavy atom. The van der Waals surface area contributed by atoms with Gasteiger partial charge in [-0.2, -0.15) is 0 Å². The fourth-order valence-electron chi connectivity index (χ4n) is 16.5. The van der Waals surface area contributed by atoms with Crippen LogP contribution in [-0.4, -0.2) is 584 Å². The maximum Gasteiger partial charge on any atom is 0.333 e. The molecule has 0 aromatic carbocycles. The van der Waals surface area contributed by atoms with Gasteiger partial charge < -0.3 is 240 Å². The highest BCUT2D eigenvalue weighted by Crippen LogP contribution is 2.34. The summed E-state index contributed by atoms with van der Waals surface area (Å²) in [5.41, 5.74) is 0. The van der Waals surface area contributed by atoms with Gasteiger partial charge in [0.1, 0.15) is 177 Å². The van der Waals surface area contributed by atoms with Crippen LogP contribution in [0.2, 0.25) is 0 Å². The van der Waals surface area contributed by atoms with E-state index in [1.54, 1.807) is 0 Å². The molecule has 60 heteroatoms. The van der Waals surface area contributed by atoms with Gasteiger partial charge >= 0.3 is 5.97 Å². The first-order chi connectivity index (χ1) is 69.1. The van der Waals surface area contributed by atoms with E-state index in [0.29, 0.717) is 30.7 Å². The van der Waals surface area contributed by atoms with Crippen molar-refractivity contribution in [2.75, 3.05) is 151 Å². The predicted octanol–water partition coefficient (Wildman–Crippen LogP) is -19.3. The van der Waals surface area contributed by atoms with Crippen molar-refractivity contribution < 1.29 is 252 Å². The van der Waals surface area contributed by atoms with Crippen molar-refractivity contribution in [3.63, 3.8) is 0 Å². The molecule has 8 saturated heterocycles. The second kappa shape index (κ2) is 62.3. The topological polar surface area (TPSA) is 908 Å². The highest BCUT2D eigenvalue weighted by molar-refractivity contribution is 6.01. The third-order valence-electron chi connectivity index (χ3n) is 25.2. The average Bonchev–Trinajstić information content (AvgIpc) is 1.12. The number of rotatable bonds is 61. The Morgan fingerprint density at radius 3 is 1.00 bits per heavy atom. The summed E-state index contributed by atoms with van der Waals surface area (Å²) in [7, 11) is 0. The Morgan fingerprint density at radius 1 is 0.317 bits per heavy atom. The van der Waals surface area contributed by atoms with Crippen LogP contribution in [0.4, 0.5) is 0 Å². The van der Waals surface area contributed by atoms with E-state index in [2.05, 4.69) is 26.6 Å². The highest BCUT2D eigenvalue weighted by Gasteiger charge is 2.55. The minimum atomic E-state index is -2.01. The molecule has 0 saturated carbocycles. The minimum Gasteiger partial charge on any atom is -0.394 e. The first-order valence-corrected chi connectivity index (χ1v) is 48.0. The third-order valence-corrected chi connectivity index (χ3v) is 25.2. The summed E-state index contributed by atoms with van der Waals surface area (Å²) >= 11 is 0. The van der Waals surface area contributed by atoms with Gasteiger partial charge in [-0.05, 0) is 44.9 Å². The van der Waals surface area contributed by atoms with E-state index in [0.717, 1.165) is 9.80 Å². The summed E-state index contributed by atoms with van der Waals surface area (Å²) in [6.07, 6.45) is -61.8. The van der Waals surface area contributed by atoms with Crippen LogP contribution in [0.25, 0.3) is 0 Å². The molecule has 9 amide bonds. The zero-order chi connectivity index (χ0) is 107. The summed E-state index contributed by atoms with van der Waals surface area (Å²) < 4.78 is 78.2. The second-order valence-corrected chi connectivity index (χ2v) is 35.9. The zero-order valence-electron chi connectivity index (χ0n) is 79.5. The van der Waals surface area contributed by atoms with Crippen LogP contribution in [0.3, 0.4) is 0 Å². The first kappa shape index (κ1) is 123. The number of ether oxygens (including phenoxy) is 14. The number of unbranched alkanes of at least 4 members (excludes halogenated alkanes) is 6. The number of hydrogen-bond donors (Lipinski definition) is 31. The van der Waals surface area contributed by atoms with Gasteiger partial charge in [-0.15, -0.1) is 5.06 Å². The SMILES string of the molecule is O=C(CCCCCNC(=O)CN(CC(=O)NCCCCCC(=O)N[C@@H](CCC(=O)N(CCO[C@H]1O[C@H](CO)[C@@H](O)[C@H](O)[C@@H]1O)CCO[C@H]1O[C@H](CO)[C@@H](O)[C@H](O)[C@@H]1O)C(=O)N(CCO[C@H]1O[C@H](CO)[C@@H](O)[C@H](O)[C@@H]1O)CCO[C@H]1O[C@H](CO)[C@@H](O)[C@H](O)[C@@H]1O)CC(=O)NCCCCCC(=O)ON1C(=O)CCC1=O)NCCO[C@H]1O[C@H](CO[C@H]2O[C@H](CO)[C@@H](O)[C@H](O)[C@@H]2O)[C@@H](O)[C@H](O[C@H]2O[C@H](CO)[C@@H](O)[C@H](O)[C@@H]2O)[C@@H]1O. The van der Waals surface area contributed by atoms with E-state index in [1.807, 2.05) is 0 Å². The number of nitrogens with zero attached hydrogens (tertiary/aromatic N) is 4. The Bertz CT molecular complexity index is 3800. The lowest BCUT2D eigenvalue weighted by Gasteiger charge is -2.46. The molecular formula is C85H145N9O51. The minimum absolute atomic E-state index is 0.0458. The number of carbonyl (C=O) groups is 10. The largest absolute Gasteiger partial charge is 0.394 e. The van der Waals surface area contributed by atoms with Gasteiger partial charge in [-0.1, -0.05) is 19.3 Å². The third kappa shape index (κ3) is 36.5. The van der Waals surface area contributed by atoms with Crippen molar-refractivity contribution in [3.8, 4) is 0 Å². The van der Waals surface area contributed by atoms with Gasteiger partial charge in [0.2, 0.25) is 41.4 Å². The van der Waals surface area contributed by atoms with Gasteiger partial charge in [-0.25, -0.2) is 4.79 Å². The molecule has 0 radical (unpaired) electrons. The van der Waals surface area contributed by atoms with Crippen molar-refractivity contribution in [1.29, 1.82) is 0 Å². The van der Waals surface area contributed by atoms with E-state index < -0.39 is 411 Å². The molecule has 0 aromatic heterocycles. The number of amides is 9. The smallest absolute Gasteiger partial charge is 0.333 e. The number of nitrogens with one attached hydrogen (secondary N) is 5. The summed E-state index contributed by atoms with van der Waals surface area (Å²) in [6.45, 7) is -12.3. The maximum absolute atomic E-state index is 15.2. The van der Waals surface area contributed by atoms with Crippen LogP contribution >= 0.6 is 0 Å². The highest BCUT2D eigenvalue weighted by atomic mass is 16.8. The van der Waals surface area contributed by atoms with Crippen molar-refractivity contribution in [1.82, 2.24) is 46.3 Å². The molecule has 8 fully saturated rings. The van der Waals surface area contributed by atoms with Crippen LogP contribution in [0.15, 0.2) is 0 Å². The number of aliphatic hydroxyl groups excluding tert-OH is 26. The molecule has 8 heterocycles. The van der Waals surface area contributed by atoms with Crippen LogP contribution < -0.4 is 26.6 Å². The number of hydrogen-bond acceptors (Lipinski definition) is 52. The van der Waals surface area contributed by atoms with Crippen molar-refractivity contribution in [3.05, 3.63) is 0 Å². The fraction of sp³-hybridized carbons (Fsp3) is 0.882. The number of aliphatic hydroxyl groups is 26. The van der Waals surface area contributed by atoms with E-state index >= 15 is 4.79 Å². The molecule has 31 N–H and O–H groups in total. The average molecular weight is 2110 g/mol. The maximum atomic E-state index is 15.2. The normalized spacial score (nSPS) is 34.8. The summed E-state index contributed by atoms with van der Waals surface area (Å²) in [4.78, 5) is 142. The van der Waals surface area contributed by atoms with Gasteiger partial charge in [0.05, 0.1) is 98.9 Å². The molecular weight excluding hydrogens is 1960 g/mol. The van der Waals surface area contributed by atoms with Crippen LogP contribution in [0.5, 0.6) is 0 Å². The van der Waals surface area contributed by atoms with Gasteiger partial charge in [0, 0.05) is 90.9 Å². The molecule has 8 aliphatic rings. The summed E-state index contributed by atoms with van der Waals surface area (Å²) in [5, 5.41) is 285. The predicted molar refractivity (Wildman–Crippen MR) is 469 cm³/mol. The molecule has 0 aliphatic carbocycles. The van der Waals surface area contributed by atoms with E-state index in [1.165, 1.54) is 4.90 Å². The lowest BCUT2D eigenvalue weighted by atomic mass is 9.96. The van der Waals surface area contributed by atoms with Gasteiger partial charge in [0.15, 0.2) is 44.0 Å². The standard InChI is InChI=1S/C85H145N9O51/c95-33-41-57(110)64(117)70(123)79(137-41)132-26-21-92(22-27-133-80-71(124)65(118)58(111)42(34-96)138-80)53(106)14-13-40(78(130)93(23-28-134-81-72(125)66(119)59(112)43(35-97)139-81)24-29-135-82-73(126)67(120)60(113)44(36-98)140-82)90-49(102)11-5-2-8-18-87-51(104)31-91(32-52(105)88-19-9-3-6-12-56(109)145-94-54(107)15-16-55(94)108)30-50(103)86-17-7-1-4-10-48(101)89-20-25-131-84-76(129)77(144-85-75(128)69(122)62(115)46(38-100)142-85)63(116)47(143-84)39-136-83-74(127)68(121)61(114)45(37-99)141-83/h40-47,57-77,79-85,95-100,110-129H,1-39H2,(H,86,103)(H,87,104)(H,88,105)(H,89,101)(H,90,102)/t40-,41+,42+,43+,44+,45+,46+,47+,57+,58+,59+,60+,61+,62+,63+,64-,65-,66-,67-,68-,69-,70-,71-,72-,73-,74-,75-,76-,77-,79-,80-,81-,82-,83-,84-,85+/m0/s1. The van der Waals surface area contributed by atoms with Crippen LogP contribution in [-0.2, 0) is 119 Å². The van der Waals surface area contributed by atoms with Gasteiger partial charge in [0.25, 0.3) is 11.8 Å². The molecule has 8 rings (SSSR count). The van der Waals surface area contributed by atoms with Gasteiger partial charge in [-0.3, -0.25) is 48.1 Å². The van der Waals surface area contributed by atoms with Crippen LogP contribution in [0.1, 0.15) is 103 Å². The van der Waals surface area contributed by atoms with Crippen molar-refractivity contribution in [2.45, 2.75) is 324 Å². The van der Waals surface area contributed by atoms with Crippen LogP contribution in [0, 0.1) is 0 Å². The molecule has 836 valence electrons. The fourth-order valence-corrected chi connectivity index (χ4v) is 16.5. The number of hydroxylamine groups is 2.